The molecule has 15 heavy (non-hydrogen) atoms. The molecular weight excluding hydrogens is 192 g/mol. The van der Waals surface area contributed by atoms with Crippen LogP contribution in [-0.4, -0.2) is 12.3 Å². The molecule has 0 aliphatic rings. The Labute approximate surface area is 87.6 Å². The minimum atomic E-state index is 0.303. The van der Waals surface area contributed by atoms with Gasteiger partial charge in [0.1, 0.15) is 5.75 Å². The van der Waals surface area contributed by atoms with E-state index in [4.69, 9.17) is 15.0 Å². The quantitative estimate of drug-likeness (QED) is 0.814. The van der Waals surface area contributed by atoms with E-state index in [9.17, 15) is 0 Å². The highest BCUT2D eigenvalue weighted by Gasteiger charge is 2.11. The fourth-order valence-electron chi connectivity index (χ4n) is 1.47. The molecule has 0 unspecified atom stereocenters. The van der Waals surface area contributed by atoms with Crippen LogP contribution in [0.3, 0.4) is 0 Å². The molecule has 0 spiro atoms. The van der Waals surface area contributed by atoms with Gasteiger partial charge in [-0.15, -0.1) is 0 Å². The van der Waals surface area contributed by atoms with Gasteiger partial charge in [-0.2, -0.15) is 0 Å². The maximum atomic E-state index is 5.65. The second-order valence-electron chi connectivity index (χ2n) is 3.31. The van der Waals surface area contributed by atoms with Crippen molar-refractivity contribution >= 4 is 5.88 Å². The number of ether oxygens (including phenoxy) is 1. The largest absolute Gasteiger partial charge is 0.496 e. The van der Waals surface area contributed by atoms with E-state index in [-0.39, 0.29) is 0 Å². The Morgan fingerprint density at radius 1 is 1.33 bits per heavy atom. The number of nitrogens with two attached hydrogens (primary N) is 1. The van der Waals surface area contributed by atoms with Gasteiger partial charge >= 0.3 is 0 Å². The summed E-state index contributed by atoms with van der Waals surface area (Å²) in [7, 11) is 1.63. The third-order valence-electron chi connectivity index (χ3n) is 2.25. The SMILES string of the molecule is COc1cc(C)ccc1-c1cnoc1N. The highest BCUT2D eigenvalue weighted by atomic mass is 16.5. The number of benzene rings is 1. The lowest BCUT2D eigenvalue weighted by Gasteiger charge is -2.07. The van der Waals surface area contributed by atoms with Crippen LogP contribution in [0.4, 0.5) is 5.88 Å². The Bertz CT molecular complexity index is 477. The minimum absolute atomic E-state index is 0.303. The van der Waals surface area contributed by atoms with Crippen molar-refractivity contribution in [3.05, 3.63) is 30.0 Å². The van der Waals surface area contributed by atoms with Crippen molar-refractivity contribution in [2.75, 3.05) is 12.8 Å². The average molecular weight is 204 g/mol. The molecule has 0 fully saturated rings. The maximum absolute atomic E-state index is 5.65. The molecule has 2 N–H and O–H groups in total. The first kappa shape index (κ1) is 9.58. The first-order chi connectivity index (χ1) is 7.22. The topological polar surface area (TPSA) is 61.3 Å². The molecule has 0 atom stereocenters. The molecule has 0 bridgehead atoms. The standard InChI is InChI=1S/C11H12N2O2/c1-7-3-4-8(10(5-7)14-2)9-6-13-15-11(9)12/h3-6H,12H2,1-2H3. The summed E-state index contributed by atoms with van der Waals surface area (Å²) in [5, 5.41) is 3.64. The summed E-state index contributed by atoms with van der Waals surface area (Å²) in [6.07, 6.45) is 1.59. The van der Waals surface area contributed by atoms with E-state index >= 15 is 0 Å². The number of nitrogen functional groups attached to an aromatic ring is 1. The van der Waals surface area contributed by atoms with Crippen LogP contribution in [-0.2, 0) is 0 Å². The van der Waals surface area contributed by atoms with Crippen LogP contribution in [0.15, 0.2) is 28.9 Å². The molecule has 1 aromatic heterocycles. The van der Waals surface area contributed by atoms with Gasteiger partial charge in [0.15, 0.2) is 0 Å². The second-order valence-corrected chi connectivity index (χ2v) is 3.31. The van der Waals surface area contributed by atoms with Crippen LogP contribution >= 0.6 is 0 Å². The number of rotatable bonds is 2. The predicted octanol–water partition coefficient (Wildman–Crippen LogP) is 2.24. The van der Waals surface area contributed by atoms with Crippen molar-refractivity contribution in [3.8, 4) is 16.9 Å². The lowest BCUT2D eigenvalue weighted by Crippen LogP contribution is -1.90. The Morgan fingerprint density at radius 2 is 2.13 bits per heavy atom. The monoisotopic (exact) mass is 204 g/mol. The molecule has 0 aliphatic carbocycles. The normalized spacial score (nSPS) is 10.3. The zero-order valence-corrected chi connectivity index (χ0v) is 8.65. The summed E-state index contributed by atoms with van der Waals surface area (Å²) in [6.45, 7) is 2.00. The molecule has 0 saturated carbocycles. The van der Waals surface area contributed by atoms with Crippen LogP contribution < -0.4 is 10.5 Å². The maximum Gasteiger partial charge on any atom is 0.230 e. The third kappa shape index (κ3) is 1.66. The molecule has 0 aliphatic heterocycles. The summed E-state index contributed by atoms with van der Waals surface area (Å²) in [6, 6.07) is 5.88. The van der Waals surface area contributed by atoms with Crippen LogP contribution in [0, 0.1) is 6.92 Å². The van der Waals surface area contributed by atoms with Crippen molar-refractivity contribution in [2.24, 2.45) is 0 Å². The smallest absolute Gasteiger partial charge is 0.230 e. The highest BCUT2D eigenvalue weighted by molar-refractivity contribution is 5.77. The van der Waals surface area contributed by atoms with Gasteiger partial charge in [-0.05, 0) is 18.6 Å². The fraction of sp³-hybridized carbons (Fsp3) is 0.182. The fourth-order valence-corrected chi connectivity index (χ4v) is 1.47. The molecule has 0 amide bonds. The van der Waals surface area contributed by atoms with Gasteiger partial charge in [-0.25, -0.2) is 0 Å². The molecular formula is C11H12N2O2. The van der Waals surface area contributed by atoms with E-state index < -0.39 is 0 Å². The number of hydrogen-bond acceptors (Lipinski definition) is 4. The van der Waals surface area contributed by atoms with Crippen LogP contribution in [0.1, 0.15) is 5.56 Å². The summed E-state index contributed by atoms with van der Waals surface area (Å²) >= 11 is 0. The summed E-state index contributed by atoms with van der Waals surface area (Å²) in [5.74, 6) is 1.07. The van der Waals surface area contributed by atoms with Gasteiger partial charge in [-0.3, -0.25) is 0 Å². The van der Waals surface area contributed by atoms with Crippen molar-refractivity contribution in [1.29, 1.82) is 0 Å². The van der Waals surface area contributed by atoms with Crippen molar-refractivity contribution < 1.29 is 9.26 Å². The van der Waals surface area contributed by atoms with E-state index in [1.807, 2.05) is 25.1 Å². The lowest BCUT2D eigenvalue weighted by molar-refractivity contribution is 0.416. The van der Waals surface area contributed by atoms with E-state index in [0.717, 1.165) is 22.4 Å². The first-order valence-electron chi connectivity index (χ1n) is 4.57. The number of hydrogen-bond donors (Lipinski definition) is 1. The number of methoxy groups -OCH3 is 1. The first-order valence-corrected chi connectivity index (χ1v) is 4.57. The Hall–Kier alpha value is -1.97. The summed E-state index contributed by atoms with van der Waals surface area (Å²) in [4.78, 5) is 0. The zero-order valence-electron chi connectivity index (χ0n) is 8.65. The molecule has 0 saturated heterocycles. The molecule has 1 aromatic carbocycles. The Kier molecular flexibility index (Phi) is 2.33. The van der Waals surface area contributed by atoms with Gasteiger partial charge in [0, 0.05) is 5.56 Å². The van der Waals surface area contributed by atoms with Gasteiger partial charge < -0.3 is 15.0 Å². The van der Waals surface area contributed by atoms with Crippen molar-refractivity contribution in [3.63, 3.8) is 0 Å². The van der Waals surface area contributed by atoms with Crippen molar-refractivity contribution in [1.82, 2.24) is 5.16 Å². The summed E-state index contributed by atoms with van der Waals surface area (Å²) in [5.41, 5.74) is 8.43. The number of aryl methyl sites for hydroxylation is 1. The molecule has 78 valence electrons. The average Bonchev–Trinajstić information content (AvgIpc) is 2.64. The van der Waals surface area contributed by atoms with E-state index in [0.29, 0.717) is 5.88 Å². The minimum Gasteiger partial charge on any atom is -0.496 e. The van der Waals surface area contributed by atoms with Crippen LogP contribution in [0.25, 0.3) is 11.1 Å². The predicted molar refractivity (Wildman–Crippen MR) is 57.6 cm³/mol. The van der Waals surface area contributed by atoms with E-state index in [2.05, 4.69) is 5.16 Å². The molecule has 2 aromatic rings. The van der Waals surface area contributed by atoms with E-state index in [1.54, 1.807) is 13.3 Å². The highest BCUT2D eigenvalue weighted by Crippen LogP contribution is 2.33. The lowest BCUT2D eigenvalue weighted by atomic mass is 10.1. The van der Waals surface area contributed by atoms with Crippen LogP contribution in [0.2, 0.25) is 0 Å². The Morgan fingerprint density at radius 3 is 2.73 bits per heavy atom. The van der Waals surface area contributed by atoms with E-state index in [1.165, 1.54) is 0 Å². The molecule has 2 rings (SSSR count). The van der Waals surface area contributed by atoms with Crippen LogP contribution in [0.5, 0.6) is 5.75 Å². The zero-order chi connectivity index (χ0) is 10.8. The molecule has 0 radical (unpaired) electrons. The molecule has 4 heteroatoms. The number of nitrogens with zero attached hydrogens (tertiary/aromatic N) is 1. The van der Waals surface area contributed by atoms with Crippen molar-refractivity contribution in [2.45, 2.75) is 6.92 Å². The van der Waals surface area contributed by atoms with Gasteiger partial charge in [0.05, 0.1) is 18.9 Å². The summed E-state index contributed by atoms with van der Waals surface area (Å²) < 4.78 is 10.1. The third-order valence-corrected chi connectivity index (χ3v) is 2.25. The second kappa shape index (κ2) is 3.65. The number of anilines is 1. The van der Waals surface area contributed by atoms with Gasteiger partial charge in [-0.1, -0.05) is 17.3 Å². The molecule has 1 heterocycles. The van der Waals surface area contributed by atoms with Gasteiger partial charge in [0.2, 0.25) is 5.88 Å². The van der Waals surface area contributed by atoms with Gasteiger partial charge in [0.25, 0.3) is 0 Å². The number of aromatic nitrogens is 1. The molecule has 4 nitrogen and oxygen atoms in total. The Balaban J connectivity index is 2.58.